The Morgan fingerprint density at radius 1 is 0.391 bits per heavy atom. The smallest absolute Gasteiger partial charge is 0.167 e. The second-order valence-electron chi connectivity index (χ2n) is 11.7. The number of halogens is 12. The van der Waals surface area contributed by atoms with Gasteiger partial charge in [0.1, 0.15) is 65.4 Å². The number of hydrogen-bond acceptors (Lipinski definition) is 6. The summed E-state index contributed by atoms with van der Waals surface area (Å²) in [7, 11) is 0. The zero-order valence-corrected chi connectivity index (χ0v) is 30.9. The van der Waals surface area contributed by atoms with Crippen molar-refractivity contribution < 1.29 is 0 Å². The molecule has 3 aromatic heterocycles. The molecule has 2 N–H and O–H groups in total. The fourth-order valence-electron chi connectivity index (χ4n) is 7.66. The number of rotatable bonds is 0. The molecule has 0 amide bonds. The molecule has 5 heterocycles. The second kappa shape index (κ2) is 9.36. The van der Waals surface area contributed by atoms with E-state index in [1.807, 2.05) is 0 Å². The van der Waals surface area contributed by atoms with E-state index in [1.54, 1.807) is 24.3 Å². The van der Waals surface area contributed by atoms with E-state index < -0.39 is 51.8 Å². The van der Waals surface area contributed by atoms with Gasteiger partial charge in [0.2, 0.25) is 0 Å². The average molecular weight is 860 g/mol. The van der Waals surface area contributed by atoms with Crippen LogP contribution in [0.3, 0.4) is 0 Å². The van der Waals surface area contributed by atoms with Crippen LogP contribution in [-0.2, 0) is 0 Å². The van der Waals surface area contributed by atoms with Crippen LogP contribution in [0.1, 0.15) is 47.0 Å². The molecule has 3 aromatic rings. The van der Waals surface area contributed by atoms with Gasteiger partial charge in [-0.1, -0.05) is 92.8 Å². The van der Waals surface area contributed by atoms with E-state index in [2.05, 4.69) is 9.97 Å². The van der Waals surface area contributed by atoms with Crippen molar-refractivity contribution in [3.05, 3.63) is 67.7 Å². The zero-order chi connectivity index (χ0) is 32.7. The summed E-state index contributed by atoms with van der Waals surface area (Å²) in [6.07, 6.45) is 0. The molecule has 12 bridgehead atoms. The van der Waals surface area contributed by atoms with Gasteiger partial charge in [-0.3, -0.25) is 0 Å². The number of aromatic amines is 2. The van der Waals surface area contributed by atoms with Crippen molar-refractivity contribution in [2.45, 2.75) is 51.8 Å². The van der Waals surface area contributed by atoms with E-state index in [4.69, 9.17) is 169 Å². The molecule has 4 aliphatic carbocycles. The predicted octanol–water partition coefficient (Wildman–Crippen LogP) is 9.32. The van der Waals surface area contributed by atoms with E-state index in [0.717, 1.165) is 0 Å². The molecule has 8 unspecified atom stereocenters. The molecule has 2 saturated carbocycles. The molecule has 0 spiro atoms. The lowest BCUT2D eigenvalue weighted by Crippen LogP contribution is -2.45. The minimum Gasteiger partial charge on any atom is -0.325 e. The van der Waals surface area contributed by atoms with Crippen molar-refractivity contribution in [3.8, 4) is 0 Å². The van der Waals surface area contributed by atoms with Crippen LogP contribution < -0.4 is 0 Å². The largest absolute Gasteiger partial charge is 0.325 e. The topological polar surface area (TPSA) is 109 Å². The maximum atomic E-state index is 7.18. The summed E-state index contributed by atoms with van der Waals surface area (Å²) in [6.45, 7) is 0. The minimum atomic E-state index is -1.85. The summed E-state index contributed by atoms with van der Waals surface area (Å²) in [6, 6.07) is 6.68. The van der Waals surface area contributed by atoms with E-state index in [-0.39, 0.29) is 43.4 Å². The normalized spacial score (nSPS) is 39.4. The molecule has 20 heteroatoms. The molecule has 8 atom stereocenters. The van der Waals surface area contributed by atoms with Gasteiger partial charge in [0.05, 0.1) is 43.8 Å². The monoisotopic (exact) mass is 854 g/mol. The quantitative estimate of drug-likeness (QED) is 0.218. The maximum absolute atomic E-state index is 7.18. The van der Waals surface area contributed by atoms with Crippen molar-refractivity contribution >= 4 is 162 Å². The number of aromatic nitrogens is 8. The Bertz CT molecular complexity index is 1910. The third-order valence-corrected chi connectivity index (χ3v) is 18.2. The first-order chi connectivity index (χ1) is 21.5. The van der Waals surface area contributed by atoms with Crippen molar-refractivity contribution in [2.75, 3.05) is 0 Å². The highest BCUT2D eigenvalue weighted by Gasteiger charge is 2.86. The Morgan fingerprint density at radius 3 is 0.826 bits per heavy atom. The van der Waals surface area contributed by atoms with Gasteiger partial charge < -0.3 is 9.97 Å². The lowest BCUT2D eigenvalue weighted by atomic mass is 9.83. The molecule has 0 saturated heterocycles. The number of nitrogens with zero attached hydrogens (tertiary/aromatic N) is 6. The van der Waals surface area contributed by atoms with E-state index in [0.29, 0.717) is 22.6 Å². The Kier molecular flexibility index (Phi) is 6.47. The molecular formula is C26H10Cl12N8. The SMILES string of the molecule is ClC1=C(Cl)C2(Cl)C3c4nc(nc5ccc(nc6nc(nc7ccc(n4)[nH]7)C4C6C6(Cl)C(Cl)=C(Cl)C4(Cl)C6(Cl)Cl)[nH]5)C3C1(Cl)C2(Cl)Cl. The molecule has 6 aliphatic rings. The fraction of sp³-hybridized carbons (Fsp3) is 0.385. The Hall–Kier alpha value is -0.200. The molecule has 2 aliphatic heterocycles. The summed E-state index contributed by atoms with van der Waals surface area (Å²) in [5.41, 5.74) is 1.37. The highest BCUT2D eigenvalue weighted by Crippen LogP contribution is 2.82. The first-order valence-electron chi connectivity index (χ1n) is 13.2. The van der Waals surface area contributed by atoms with Crippen LogP contribution in [0.15, 0.2) is 44.4 Å². The van der Waals surface area contributed by atoms with Crippen LogP contribution in [0, 0.1) is 0 Å². The van der Waals surface area contributed by atoms with Crippen molar-refractivity contribution in [1.29, 1.82) is 0 Å². The highest BCUT2D eigenvalue weighted by atomic mass is 35.5. The summed E-state index contributed by atoms with van der Waals surface area (Å²) in [5.74, 6) is -2.36. The van der Waals surface area contributed by atoms with Crippen LogP contribution in [-0.4, -0.2) is 68.0 Å². The summed E-state index contributed by atoms with van der Waals surface area (Å²) in [4.78, 5) is 28.1. The van der Waals surface area contributed by atoms with Crippen LogP contribution in [0.5, 0.6) is 0 Å². The molecular weight excluding hydrogens is 850 g/mol. The number of alkyl halides is 8. The lowest BCUT2D eigenvalue weighted by molar-refractivity contribution is 0.533. The number of hydrogen-bond donors (Lipinski definition) is 2. The molecule has 0 aromatic carbocycles. The summed E-state index contributed by atoms with van der Waals surface area (Å²) in [5, 5.41) is 0.0418. The standard InChI is InChI=1S/C26H10Cl12N8/c27-13-14(28)22(32)10-9(21(13,31)25(22,35)36)17-41-5-1-2-6(39-5)42-18-11-12(24(34)16(30)15(29)23(11,33)26(24,37)38)20(46-18)44-8-4-3-7(40-8)43-19(10)45-17/h1-4,9-12H,(H2,39,40,41,42,43,44,45,46). The Morgan fingerprint density at radius 2 is 0.609 bits per heavy atom. The minimum absolute atomic E-state index is 0.0104. The van der Waals surface area contributed by atoms with Gasteiger partial charge in [-0.15, -0.1) is 46.4 Å². The van der Waals surface area contributed by atoms with Gasteiger partial charge >= 0.3 is 0 Å². The van der Waals surface area contributed by atoms with Crippen LogP contribution >= 0.6 is 139 Å². The first kappa shape index (κ1) is 31.8. The van der Waals surface area contributed by atoms with Gasteiger partial charge in [0.15, 0.2) is 8.67 Å². The van der Waals surface area contributed by atoms with Gasteiger partial charge in [0.25, 0.3) is 0 Å². The van der Waals surface area contributed by atoms with Crippen molar-refractivity contribution in [1.82, 2.24) is 39.9 Å². The molecule has 0 radical (unpaired) electrons. The highest BCUT2D eigenvalue weighted by molar-refractivity contribution is 6.67. The maximum Gasteiger partial charge on any atom is 0.167 e. The van der Waals surface area contributed by atoms with Crippen molar-refractivity contribution in [3.63, 3.8) is 0 Å². The van der Waals surface area contributed by atoms with E-state index in [9.17, 15) is 0 Å². The number of H-pyrrole nitrogens is 2. The third-order valence-electron chi connectivity index (χ3n) is 9.69. The lowest BCUT2D eigenvalue weighted by Gasteiger charge is -2.32. The van der Waals surface area contributed by atoms with E-state index in [1.165, 1.54) is 0 Å². The second-order valence-corrected chi connectivity index (χ2v) is 18.3. The molecule has 9 rings (SSSR count). The summed E-state index contributed by atoms with van der Waals surface area (Å²) < 4.78 is -3.71. The van der Waals surface area contributed by atoms with Crippen LogP contribution in [0.4, 0.5) is 0 Å². The predicted molar refractivity (Wildman–Crippen MR) is 184 cm³/mol. The fourth-order valence-corrected chi connectivity index (χ4v) is 13.5. The Labute approximate surface area is 318 Å². The van der Waals surface area contributed by atoms with Gasteiger partial charge in [-0.05, 0) is 24.3 Å². The van der Waals surface area contributed by atoms with Gasteiger partial charge in [0, 0.05) is 0 Å². The molecule has 2 fully saturated rings. The van der Waals surface area contributed by atoms with Gasteiger partial charge in [-0.2, -0.15) is 0 Å². The first-order valence-corrected chi connectivity index (χ1v) is 17.8. The van der Waals surface area contributed by atoms with E-state index >= 15 is 0 Å². The number of fused-ring (bicyclic) bond motifs is 22. The summed E-state index contributed by atoms with van der Waals surface area (Å²) >= 11 is 83.1. The van der Waals surface area contributed by atoms with Crippen LogP contribution in [0.25, 0.3) is 22.6 Å². The molecule has 238 valence electrons. The van der Waals surface area contributed by atoms with Crippen molar-refractivity contribution in [2.24, 2.45) is 0 Å². The molecule has 8 nitrogen and oxygen atoms in total. The Balaban J connectivity index is 1.34. The average Bonchev–Trinajstić information content (AvgIpc) is 3.83. The zero-order valence-electron chi connectivity index (χ0n) is 21.8. The van der Waals surface area contributed by atoms with Crippen LogP contribution in [0.2, 0.25) is 0 Å². The number of nitrogens with one attached hydrogen (secondary N) is 2. The van der Waals surface area contributed by atoms with Gasteiger partial charge in [-0.25, -0.2) is 29.9 Å². The molecule has 46 heavy (non-hydrogen) atoms. The third kappa shape index (κ3) is 3.22. The number of allylic oxidation sites excluding steroid dienone is 4.